The van der Waals surface area contributed by atoms with Crippen molar-refractivity contribution >= 4 is 0 Å². The number of aliphatic hydroxyl groups excluding tert-OH is 1. The van der Waals surface area contributed by atoms with Gasteiger partial charge in [0.1, 0.15) is 0 Å². The van der Waals surface area contributed by atoms with Crippen molar-refractivity contribution in [1.82, 2.24) is 0 Å². The van der Waals surface area contributed by atoms with Crippen molar-refractivity contribution in [2.45, 2.75) is 51.0 Å². The van der Waals surface area contributed by atoms with Crippen LogP contribution in [0, 0.1) is 23.7 Å². The topological polar surface area (TPSA) is 20.2 Å². The smallest absolute Gasteiger partial charge is 0.0574 e. The molecule has 13 heavy (non-hydrogen) atoms. The zero-order valence-corrected chi connectivity index (χ0v) is 8.28. The van der Waals surface area contributed by atoms with Crippen LogP contribution in [0.4, 0.5) is 0 Å². The molecular formula is C12H20O. The molecule has 3 rings (SSSR count). The van der Waals surface area contributed by atoms with Gasteiger partial charge in [-0.05, 0) is 49.4 Å². The zero-order chi connectivity index (χ0) is 8.84. The van der Waals surface area contributed by atoms with Crippen molar-refractivity contribution in [3.05, 3.63) is 0 Å². The lowest BCUT2D eigenvalue weighted by molar-refractivity contribution is 0.122. The second-order valence-electron chi connectivity index (χ2n) is 5.42. The van der Waals surface area contributed by atoms with Crippen molar-refractivity contribution in [2.24, 2.45) is 23.7 Å². The molecule has 3 unspecified atom stereocenters. The minimum absolute atomic E-state index is 0.0656. The fourth-order valence-corrected chi connectivity index (χ4v) is 3.45. The van der Waals surface area contributed by atoms with E-state index in [1.54, 1.807) is 0 Å². The first kappa shape index (κ1) is 8.28. The van der Waals surface area contributed by atoms with Gasteiger partial charge in [-0.25, -0.2) is 0 Å². The van der Waals surface area contributed by atoms with E-state index >= 15 is 0 Å². The van der Waals surface area contributed by atoms with Crippen LogP contribution in [0.15, 0.2) is 0 Å². The Morgan fingerprint density at radius 1 is 1.08 bits per heavy atom. The van der Waals surface area contributed by atoms with E-state index < -0.39 is 0 Å². The van der Waals surface area contributed by atoms with Crippen LogP contribution >= 0.6 is 0 Å². The SMILES string of the molecule is OC(CCC1CC1)C1C2CCCC21. The minimum Gasteiger partial charge on any atom is -0.393 e. The molecule has 3 aliphatic rings. The van der Waals surface area contributed by atoms with Crippen molar-refractivity contribution in [1.29, 1.82) is 0 Å². The van der Waals surface area contributed by atoms with E-state index in [0.29, 0.717) is 0 Å². The summed E-state index contributed by atoms with van der Waals surface area (Å²) in [7, 11) is 0. The molecular weight excluding hydrogens is 160 g/mol. The highest BCUT2D eigenvalue weighted by Gasteiger charge is 2.55. The monoisotopic (exact) mass is 180 g/mol. The molecule has 0 amide bonds. The van der Waals surface area contributed by atoms with Gasteiger partial charge in [0, 0.05) is 0 Å². The van der Waals surface area contributed by atoms with Crippen LogP contribution in [0.2, 0.25) is 0 Å². The average Bonchev–Trinajstić information content (AvgIpc) is 3.03. The summed E-state index contributed by atoms with van der Waals surface area (Å²) >= 11 is 0. The zero-order valence-electron chi connectivity index (χ0n) is 8.28. The molecule has 0 radical (unpaired) electrons. The van der Waals surface area contributed by atoms with Crippen molar-refractivity contribution in [2.75, 3.05) is 0 Å². The maximum atomic E-state index is 9.97. The number of rotatable bonds is 4. The Morgan fingerprint density at radius 3 is 2.38 bits per heavy atom. The molecule has 3 atom stereocenters. The van der Waals surface area contributed by atoms with Crippen LogP contribution in [0.3, 0.4) is 0 Å². The van der Waals surface area contributed by atoms with E-state index in [1.807, 2.05) is 0 Å². The predicted octanol–water partition coefficient (Wildman–Crippen LogP) is 2.58. The quantitative estimate of drug-likeness (QED) is 0.705. The molecule has 0 aromatic heterocycles. The fraction of sp³-hybridized carbons (Fsp3) is 1.00. The second-order valence-corrected chi connectivity index (χ2v) is 5.42. The molecule has 0 aromatic rings. The van der Waals surface area contributed by atoms with Gasteiger partial charge in [0.05, 0.1) is 6.10 Å². The highest BCUT2D eigenvalue weighted by Crippen LogP contribution is 2.59. The standard InChI is InChI=1S/C12H20O/c13-11(7-6-8-4-5-8)12-9-2-1-3-10(9)12/h8-13H,1-7H2. The molecule has 0 saturated heterocycles. The highest BCUT2D eigenvalue weighted by atomic mass is 16.3. The first-order valence-corrected chi connectivity index (χ1v) is 6.04. The number of fused-ring (bicyclic) bond motifs is 1. The summed E-state index contributed by atoms with van der Waals surface area (Å²) in [6, 6.07) is 0. The second kappa shape index (κ2) is 2.98. The fourth-order valence-electron chi connectivity index (χ4n) is 3.45. The van der Waals surface area contributed by atoms with Crippen LogP contribution in [-0.2, 0) is 0 Å². The van der Waals surface area contributed by atoms with Crippen LogP contribution in [0.5, 0.6) is 0 Å². The Morgan fingerprint density at radius 2 is 1.77 bits per heavy atom. The Balaban J connectivity index is 1.44. The van der Waals surface area contributed by atoms with E-state index in [9.17, 15) is 5.11 Å². The molecule has 3 fully saturated rings. The van der Waals surface area contributed by atoms with Gasteiger partial charge in [-0.15, -0.1) is 0 Å². The number of hydrogen-bond donors (Lipinski definition) is 1. The largest absolute Gasteiger partial charge is 0.393 e. The average molecular weight is 180 g/mol. The van der Waals surface area contributed by atoms with Crippen molar-refractivity contribution in [3.8, 4) is 0 Å². The van der Waals surface area contributed by atoms with E-state index in [4.69, 9.17) is 0 Å². The van der Waals surface area contributed by atoms with Crippen LogP contribution in [0.1, 0.15) is 44.9 Å². The third-order valence-corrected chi connectivity index (χ3v) is 4.48. The highest BCUT2D eigenvalue weighted by molar-refractivity contribution is 5.04. The Labute approximate surface area is 80.5 Å². The Bertz CT molecular complexity index is 187. The Hall–Kier alpha value is -0.0400. The van der Waals surface area contributed by atoms with E-state index in [1.165, 1.54) is 38.5 Å². The molecule has 0 aliphatic heterocycles. The lowest BCUT2D eigenvalue weighted by atomic mass is 10.0. The van der Waals surface area contributed by atoms with Gasteiger partial charge < -0.3 is 5.11 Å². The summed E-state index contributed by atoms with van der Waals surface area (Å²) in [6.45, 7) is 0. The molecule has 3 saturated carbocycles. The maximum absolute atomic E-state index is 9.97. The summed E-state index contributed by atoms with van der Waals surface area (Å²) in [5.74, 6) is 3.60. The molecule has 0 bridgehead atoms. The van der Waals surface area contributed by atoms with Gasteiger partial charge in [-0.3, -0.25) is 0 Å². The minimum atomic E-state index is 0.0656. The van der Waals surface area contributed by atoms with Gasteiger partial charge in [0.15, 0.2) is 0 Å². The summed E-state index contributed by atoms with van der Waals surface area (Å²) in [4.78, 5) is 0. The Kier molecular flexibility index (Phi) is 1.90. The molecule has 1 heteroatoms. The summed E-state index contributed by atoms with van der Waals surface area (Å²) in [5, 5.41) is 9.97. The lowest BCUT2D eigenvalue weighted by Gasteiger charge is -2.11. The predicted molar refractivity (Wildman–Crippen MR) is 52.3 cm³/mol. The molecule has 3 aliphatic carbocycles. The lowest BCUT2D eigenvalue weighted by Crippen LogP contribution is -2.13. The van der Waals surface area contributed by atoms with Gasteiger partial charge >= 0.3 is 0 Å². The van der Waals surface area contributed by atoms with E-state index in [-0.39, 0.29) is 6.10 Å². The molecule has 0 spiro atoms. The van der Waals surface area contributed by atoms with E-state index in [0.717, 1.165) is 30.1 Å². The third kappa shape index (κ3) is 1.52. The molecule has 1 nitrogen and oxygen atoms in total. The number of aliphatic hydroxyl groups is 1. The molecule has 0 aromatic carbocycles. The first-order valence-electron chi connectivity index (χ1n) is 6.04. The summed E-state index contributed by atoms with van der Waals surface area (Å²) < 4.78 is 0. The van der Waals surface area contributed by atoms with Gasteiger partial charge in [-0.1, -0.05) is 19.3 Å². The maximum Gasteiger partial charge on any atom is 0.0574 e. The van der Waals surface area contributed by atoms with Crippen LogP contribution < -0.4 is 0 Å². The number of hydrogen-bond acceptors (Lipinski definition) is 1. The molecule has 0 heterocycles. The van der Waals surface area contributed by atoms with Crippen LogP contribution in [-0.4, -0.2) is 11.2 Å². The first-order chi connectivity index (χ1) is 6.36. The van der Waals surface area contributed by atoms with Gasteiger partial charge in [0.2, 0.25) is 0 Å². The molecule has 74 valence electrons. The summed E-state index contributed by atoms with van der Waals surface area (Å²) in [6.07, 6.45) is 9.59. The summed E-state index contributed by atoms with van der Waals surface area (Å²) in [5.41, 5.74) is 0. The molecule has 1 N–H and O–H groups in total. The van der Waals surface area contributed by atoms with Crippen molar-refractivity contribution < 1.29 is 5.11 Å². The normalized spacial score (nSPS) is 44.5. The van der Waals surface area contributed by atoms with E-state index in [2.05, 4.69) is 0 Å². The third-order valence-electron chi connectivity index (χ3n) is 4.48. The van der Waals surface area contributed by atoms with Gasteiger partial charge in [0.25, 0.3) is 0 Å². The van der Waals surface area contributed by atoms with Crippen LogP contribution in [0.25, 0.3) is 0 Å². The van der Waals surface area contributed by atoms with Gasteiger partial charge in [-0.2, -0.15) is 0 Å². The van der Waals surface area contributed by atoms with Crippen molar-refractivity contribution in [3.63, 3.8) is 0 Å².